The minimum absolute atomic E-state index is 0.0780. The Kier molecular flexibility index (Phi) is 12.8. The molecular formula is C21H34N6O7S. The fraction of sp³-hybridized carbons (Fsp3) is 0.619. The first kappa shape index (κ1) is 29.9. The van der Waals surface area contributed by atoms with Gasteiger partial charge in [-0.15, -0.1) is 0 Å². The zero-order valence-corrected chi connectivity index (χ0v) is 20.8. The zero-order chi connectivity index (χ0) is 26.5. The first-order valence-corrected chi connectivity index (χ1v) is 12.5. The Labute approximate surface area is 207 Å². The molecule has 0 aliphatic carbocycles. The van der Waals surface area contributed by atoms with E-state index in [1.807, 2.05) is 13.2 Å². The van der Waals surface area contributed by atoms with Crippen LogP contribution in [-0.2, 0) is 30.4 Å². The van der Waals surface area contributed by atoms with Crippen LogP contribution in [0.15, 0.2) is 12.5 Å². The van der Waals surface area contributed by atoms with Crippen LogP contribution in [0.2, 0.25) is 0 Å². The Hall–Kier alpha value is -3.13. The normalized spacial score (nSPS) is 15.2. The topological polar surface area (TPSA) is 217 Å². The first-order chi connectivity index (χ1) is 16.5. The quantitative estimate of drug-likeness (QED) is 0.144. The number of hydrogen-bond acceptors (Lipinski definition) is 8. The van der Waals surface area contributed by atoms with Crippen molar-refractivity contribution < 1.29 is 34.2 Å². The number of carbonyl (C=O) groups excluding carboxylic acids is 3. The van der Waals surface area contributed by atoms with Crippen molar-refractivity contribution in [2.75, 3.05) is 12.0 Å². The van der Waals surface area contributed by atoms with Gasteiger partial charge >= 0.3 is 11.9 Å². The molecule has 0 radical (unpaired) electrons. The van der Waals surface area contributed by atoms with Crippen molar-refractivity contribution >= 4 is 41.4 Å². The number of nitrogens with two attached hydrogens (primary N) is 1. The lowest BCUT2D eigenvalue weighted by Gasteiger charge is -2.27. The predicted octanol–water partition coefficient (Wildman–Crippen LogP) is -0.908. The Morgan fingerprint density at radius 2 is 1.74 bits per heavy atom. The van der Waals surface area contributed by atoms with Gasteiger partial charge in [0, 0.05) is 18.3 Å². The van der Waals surface area contributed by atoms with Crippen LogP contribution in [0, 0.1) is 5.92 Å². The van der Waals surface area contributed by atoms with Gasteiger partial charge in [0.25, 0.3) is 0 Å². The van der Waals surface area contributed by atoms with Gasteiger partial charge in [0.05, 0.1) is 18.8 Å². The molecule has 3 amide bonds. The number of amides is 3. The Morgan fingerprint density at radius 1 is 1.09 bits per heavy atom. The molecule has 0 saturated carbocycles. The van der Waals surface area contributed by atoms with Crippen LogP contribution in [0.1, 0.15) is 38.8 Å². The summed E-state index contributed by atoms with van der Waals surface area (Å²) in [5, 5.41) is 25.6. The molecule has 1 aromatic heterocycles. The summed E-state index contributed by atoms with van der Waals surface area (Å²) in [6.45, 7) is 3.60. The monoisotopic (exact) mass is 514 g/mol. The highest BCUT2D eigenvalue weighted by Crippen LogP contribution is 2.11. The summed E-state index contributed by atoms with van der Waals surface area (Å²) in [5.74, 6) is -4.63. The van der Waals surface area contributed by atoms with E-state index in [2.05, 4.69) is 25.9 Å². The number of aliphatic carboxylic acids is 2. The van der Waals surface area contributed by atoms with Gasteiger partial charge < -0.3 is 36.9 Å². The largest absolute Gasteiger partial charge is 0.481 e. The second kappa shape index (κ2) is 15.0. The van der Waals surface area contributed by atoms with Crippen LogP contribution in [0.5, 0.6) is 0 Å². The predicted molar refractivity (Wildman–Crippen MR) is 128 cm³/mol. The standard InChI is InChI=1S/C21H34N6O7S/c1-4-11(2)17(27-18(30)13(22)5-6-35-3)20(32)25-14(7-12-9-23-10-24-12)19(31)26-15(21(33)34)8-16(28)29/h9-11,13-15,17H,4-8,22H2,1-3H3,(H,23,24)(H,25,32)(H,26,31)(H,27,30)(H,28,29)(H,33,34). The molecule has 0 bridgehead atoms. The van der Waals surface area contributed by atoms with E-state index in [4.69, 9.17) is 10.8 Å². The molecule has 5 unspecified atom stereocenters. The highest BCUT2D eigenvalue weighted by Gasteiger charge is 2.33. The van der Waals surface area contributed by atoms with Crippen molar-refractivity contribution in [1.82, 2.24) is 25.9 Å². The van der Waals surface area contributed by atoms with E-state index in [1.165, 1.54) is 24.3 Å². The van der Waals surface area contributed by atoms with Crippen LogP contribution in [0.25, 0.3) is 0 Å². The molecule has 0 aliphatic rings. The average molecular weight is 515 g/mol. The zero-order valence-electron chi connectivity index (χ0n) is 19.9. The third-order valence-electron chi connectivity index (χ3n) is 5.37. The minimum atomic E-state index is -1.69. The van der Waals surface area contributed by atoms with Crippen LogP contribution < -0.4 is 21.7 Å². The molecule has 14 heteroatoms. The number of thioether (sulfide) groups is 1. The molecule has 5 atom stereocenters. The van der Waals surface area contributed by atoms with Gasteiger partial charge in [0.2, 0.25) is 17.7 Å². The van der Waals surface area contributed by atoms with Crippen molar-refractivity contribution in [2.45, 2.75) is 63.7 Å². The molecule has 35 heavy (non-hydrogen) atoms. The molecule has 8 N–H and O–H groups in total. The number of H-pyrrole nitrogens is 1. The van der Waals surface area contributed by atoms with E-state index in [0.29, 0.717) is 24.3 Å². The van der Waals surface area contributed by atoms with Crippen LogP contribution in [-0.4, -0.2) is 86.0 Å². The smallest absolute Gasteiger partial charge is 0.326 e. The maximum atomic E-state index is 13.2. The molecular weight excluding hydrogens is 480 g/mol. The summed E-state index contributed by atoms with van der Waals surface area (Å²) >= 11 is 1.54. The number of nitrogens with one attached hydrogen (secondary N) is 4. The second-order valence-electron chi connectivity index (χ2n) is 8.10. The fourth-order valence-corrected chi connectivity index (χ4v) is 3.56. The number of hydrogen-bond donors (Lipinski definition) is 7. The van der Waals surface area contributed by atoms with Crippen LogP contribution in [0.3, 0.4) is 0 Å². The van der Waals surface area contributed by atoms with Crippen molar-refractivity contribution in [3.05, 3.63) is 18.2 Å². The van der Waals surface area contributed by atoms with Gasteiger partial charge in [0.15, 0.2) is 0 Å². The Balaban J connectivity index is 3.07. The second-order valence-corrected chi connectivity index (χ2v) is 9.08. The molecule has 0 aromatic carbocycles. The minimum Gasteiger partial charge on any atom is -0.481 e. The van der Waals surface area contributed by atoms with E-state index in [0.717, 1.165) is 0 Å². The summed E-state index contributed by atoms with van der Waals surface area (Å²) in [6.07, 6.45) is 4.72. The lowest BCUT2D eigenvalue weighted by Crippen LogP contribution is -2.59. The Morgan fingerprint density at radius 3 is 2.26 bits per heavy atom. The van der Waals surface area contributed by atoms with Gasteiger partial charge in [-0.25, -0.2) is 9.78 Å². The molecule has 1 rings (SSSR count). The Bertz CT molecular complexity index is 866. The maximum absolute atomic E-state index is 13.2. The molecule has 0 saturated heterocycles. The molecule has 1 aromatic rings. The number of carbonyl (C=O) groups is 5. The van der Waals surface area contributed by atoms with Crippen molar-refractivity contribution in [3.8, 4) is 0 Å². The van der Waals surface area contributed by atoms with Gasteiger partial charge in [-0.2, -0.15) is 11.8 Å². The molecule has 0 spiro atoms. The number of rotatable bonds is 16. The number of nitrogens with zero attached hydrogens (tertiary/aromatic N) is 1. The third-order valence-corrected chi connectivity index (χ3v) is 6.01. The SMILES string of the molecule is CCC(C)C(NC(=O)C(N)CCSC)C(=O)NC(Cc1cnc[nH]1)C(=O)NC(CC(=O)O)C(=O)O. The molecule has 196 valence electrons. The average Bonchev–Trinajstić information content (AvgIpc) is 3.31. The van der Waals surface area contributed by atoms with Gasteiger partial charge in [-0.3, -0.25) is 19.2 Å². The van der Waals surface area contributed by atoms with E-state index < -0.39 is 60.2 Å². The molecule has 0 fully saturated rings. The number of imidazole rings is 1. The lowest BCUT2D eigenvalue weighted by atomic mass is 9.97. The van der Waals surface area contributed by atoms with E-state index in [1.54, 1.807) is 6.92 Å². The van der Waals surface area contributed by atoms with Gasteiger partial charge in [-0.1, -0.05) is 20.3 Å². The highest BCUT2D eigenvalue weighted by atomic mass is 32.2. The highest BCUT2D eigenvalue weighted by molar-refractivity contribution is 7.98. The van der Waals surface area contributed by atoms with Gasteiger partial charge in [0.1, 0.15) is 18.1 Å². The number of carboxylic acid groups (broad SMARTS) is 2. The van der Waals surface area contributed by atoms with E-state index >= 15 is 0 Å². The number of carboxylic acids is 2. The summed E-state index contributed by atoms with van der Waals surface area (Å²) in [6, 6.07) is -4.77. The third kappa shape index (κ3) is 10.3. The number of aromatic nitrogens is 2. The van der Waals surface area contributed by atoms with Crippen LogP contribution >= 0.6 is 11.8 Å². The summed E-state index contributed by atoms with van der Waals surface area (Å²) in [5.41, 5.74) is 6.39. The molecule has 13 nitrogen and oxygen atoms in total. The number of aromatic amines is 1. The van der Waals surface area contributed by atoms with Crippen molar-refractivity contribution in [3.63, 3.8) is 0 Å². The first-order valence-electron chi connectivity index (χ1n) is 11.1. The van der Waals surface area contributed by atoms with Crippen LogP contribution in [0.4, 0.5) is 0 Å². The van der Waals surface area contributed by atoms with Crippen molar-refractivity contribution in [1.29, 1.82) is 0 Å². The molecule has 1 heterocycles. The lowest BCUT2D eigenvalue weighted by molar-refractivity contribution is -0.147. The van der Waals surface area contributed by atoms with E-state index in [-0.39, 0.29) is 12.3 Å². The fourth-order valence-electron chi connectivity index (χ4n) is 3.07. The maximum Gasteiger partial charge on any atom is 0.326 e. The van der Waals surface area contributed by atoms with Gasteiger partial charge in [-0.05, 0) is 24.3 Å². The summed E-state index contributed by atoms with van der Waals surface area (Å²) in [4.78, 5) is 67.6. The molecule has 0 aliphatic heterocycles. The van der Waals surface area contributed by atoms with Crippen molar-refractivity contribution in [2.24, 2.45) is 11.7 Å². The summed E-state index contributed by atoms with van der Waals surface area (Å²) < 4.78 is 0. The van der Waals surface area contributed by atoms with E-state index in [9.17, 15) is 29.1 Å². The summed E-state index contributed by atoms with van der Waals surface area (Å²) in [7, 11) is 0.